The van der Waals surface area contributed by atoms with Crippen LogP contribution in [0.1, 0.15) is 40.5 Å². The average molecular weight is 295 g/mol. The van der Waals surface area contributed by atoms with Gasteiger partial charge in [-0.25, -0.2) is 0 Å². The Balaban J connectivity index is 2.29. The number of nitrogens with one attached hydrogen (secondary N) is 1. The number of hydrogen-bond donors (Lipinski definition) is 1. The van der Waals surface area contributed by atoms with Gasteiger partial charge in [0.2, 0.25) is 0 Å². The third-order valence-electron chi connectivity index (χ3n) is 4.84. The first-order chi connectivity index (χ1) is 9.51. The number of halogens is 1. The Morgan fingerprint density at radius 1 is 1.25 bits per heavy atom. The molecule has 0 radical (unpaired) electrons. The molecular formula is C17H27ClN2. The van der Waals surface area contributed by atoms with Gasteiger partial charge in [-0.05, 0) is 43.0 Å². The highest BCUT2D eigenvalue weighted by Gasteiger charge is 2.37. The molecule has 0 aromatic heterocycles. The second-order valence-corrected chi connectivity index (χ2v) is 6.72. The maximum Gasteiger partial charge on any atom is 0.0438 e. The molecule has 1 unspecified atom stereocenters. The number of rotatable bonds is 4. The highest BCUT2D eigenvalue weighted by atomic mass is 35.5. The quantitative estimate of drug-likeness (QED) is 0.889. The summed E-state index contributed by atoms with van der Waals surface area (Å²) in [4.78, 5) is 2.57. The minimum Gasteiger partial charge on any atom is -0.365 e. The standard InChI is InChI=1S/C17H27ClN2/c1-5-17(6-2)12-20(16(11-19-17)13(3)4)15-9-7-14(18)8-10-15/h7-10,13,16,19H,5-6,11-12H2,1-4H3. The van der Waals surface area contributed by atoms with E-state index in [1.165, 1.54) is 18.5 Å². The van der Waals surface area contributed by atoms with Crippen LogP contribution in [0, 0.1) is 5.92 Å². The highest BCUT2D eigenvalue weighted by Crippen LogP contribution is 2.30. The summed E-state index contributed by atoms with van der Waals surface area (Å²) < 4.78 is 0. The van der Waals surface area contributed by atoms with Gasteiger partial charge in [0.05, 0.1) is 0 Å². The summed E-state index contributed by atoms with van der Waals surface area (Å²) in [6, 6.07) is 8.84. The molecule has 0 saturated carbocycles. The molecule has 0 spiro atoms. The van der Waals surface area contributed by atoms with Crippen LogP contribution in [0.5, 0.6) is 0 Å². The zero-order valence-corrected chi connectivity index (χ0v) is 13.9. The van der Waals surface area contributed by atoms with E-state index >= 15 is 0 Å². The molecule has 1 N–H and O–H groups in total. The van der Waals surface area contributed by atoms with E-state index in [4.69, 9.17) is 11.6 Å². The summed E-state index contributed by atoms with van der Waals surface area (Å²) >= 11 is 6.03. The van der Waals surface area contributed by atoms with Crippen molar-refractivity contribution in [2.75, 3.05) is 18.0 Å². The number of hydrogen-bond acceptors (Lipinski definition) is 2. The first-order valence-electron chi connectivity index (χ1n) is 7.78. The van der Waals surface area contributed by atoms with E-state index < -0.39 is 0 Å². The van der Waals surface area contributed by atoms with E-state index in [-0.39, 0.29) is 5.54 Å². The molecule has 2 nitrogen and oxygen atoms in total. The van der Waals surface area contributed by atoms with Crippen LogP contribution in [-0.2, 0) is 0 Å². The Bertz CT molecular complexity index is 423. The molecule has 0 aliphatic carbocycles. The van der Waals surface area contributed by atoms with Crippen molar-refractivity contribution in [1.29, 1.82) is 0 Å². The van der Waals surface area contributed by atoms with Crippen LogP contribution < -0.4 is 10.2 Å². The maximum atomic E-state index is 6.03. The second-order valence-electron chi connectivity index (χ2n) is 6.28. The van der Waals surface area contributed by atoms with Crippen molar-refractivity contribution in [3.63, 3.8) is 0 Å². The molecule has 112 valence electrons. The molecule has 1 aliphatic rings. The summed E-state index contributed by atoms with van der Waals surface area (Å²) in [5, 5.41) is 4.61. The Morgan fingerprint density at radius 2 is 1.85 bits per heavy atom. The molecule has 1 aliphatic heterocycles. The average Bonchev–Trinajstić information content (AvgIpc) is 2.47. The lowest BCUT2D eigenvalue weighted by Gasteiger charge is -2.50. The largest absolute Gasteiger partial charge is 0.365 e. The monoisotopic (exact) mass is 294 g/mol. The Morgan fingerprint density at radius 3 is 2.35 bits per heavy atom. The fourth-order valence-corrected chi connectivity index (χ4v) is 3.29. The van der Waals surface area contributed by atoms with Crippen molar-refractivity contribution in [3.8, 4) is 0 Å². The van der Waals surface area contributed by atoms with E-state index in [2.05, 4.69) is 50.0 Å². The van der Waals surface area contributed by atoms with E-state index in [0.29, 0.717) is 12.0 Å². The molecule has 0 amide bonds. The number of nitrogens with zero attached hydrogens (tertiary/aromatic N) is 1. The lowest BCUT2D eigenvalue weighted by Crippen LogP contribution is -2.65. The van der Waals surface area contributed by atoms with Gasteiger partial charge < -0.3 is 10.2 Å². The fraction of sp³-hybridized carbons (Fsp3) is 0.647. The van der Waals surface area contributed by atoms with Crippen LogP contribution in [0.3, 0.4) is 0 Å². The van der Waals surface area contributed by atoms with Gasteiger partial charge in [0.25, 0.3) is 0 Å². The Hall–Kier alpha value is -0.730. The zero-order valence-electron chi connectivity index (χ0n) is 13.1. The lowest BCUT2D eigenvalue weighted by molar-refractivity contribution is 0.227. The van der Waals surface area contributed by atoms with Crippen molar-refractivity contribution in [2.45, 2.75) is 52.1 Å². The van der Waals surface area contributed by atoms with E-state index in [1.54, 1.807) is 0 Å². The Kier molecular flexibility index (Phi) is 4.98. The van der Waals surface area contributed by atoms with Crippen LogP contribution in [0.25, 0.3) is 0 Å². The van der Waals surface area contributed by atoms with Gasteiger partial charge in [-0.3, -0.25) is 0 Å². The number of piperazine rings is 1. The SMILES string of the molecule is CCC1(CC)CN(c2ccc(Cl)cc2)C(C(C)C)CN1. The molecular weight excluding hydrogens is 268 g/mol. The van der Waals surface area contributed by atoms with Gasteiger partial charge in [-0.2, -0.15) is 0 Å². The van der Waals surface area contributed by atoms with Crippen LogP contribution in [0.15, 0.2) is 24.3 Å². The maximum absolute atomic E-state index is 6.03. The van der Waals surface area contributed by atoms with E-state index in [1.807, 2.05) is 12.1 Å². The van der Waals surface area contributed by atoms with Crippen LogP contribution in [-0.4, -0.2) is 24.7 Å². The first kappa shape index (κ1) is 15.7. The van der Waals surface area contributed by atoms with Crippen LogP contribution >= 0.6 is 11.6 Å². The van der Waals surface area contributed by atoms with Crippen molar-refractivity contribution in [3.05, 3.63) is 29.3 Å². The number of anilines is 1. The van der Waals surface area contributed by atoms with Crippen molar-refractivity contribution >= 4 is 17.3 Å². The molecule has 20 heavy (non-hydrogen) atoms. The second kappa shape index (κ2) is 6.36. The summed E-state index contributed by atoms with van der Waals surface area (Å²) in [7, 11) is 0. The van der Waals surface area contributed by atoms with Gasteiger partial charge in [-0.1, -0.05) is 39.3 Å². The zero-order chi connectivity index (χ0) is 14.8. The van der Waals surface area contributed by atoms with Crippen molar-refractivity contribution < 1.29 is 0 Å². The first-order valence-corrected chi connectivity index (χ1v) is 8.16. The third kappa shape index (κ3) is 3.12. The summed E-state index contributed by atoms with van der Waals surface area (Å²) in [6.45, 7) is 11.3. The predicted molar refractivity (Wildman–Crippen MR) is 88.7 cm³/mol. The molecule has 1 saturated heterocycles. The molecule has 1 aromatic carbocycles. The number of benzene rings is 1. The molecule has 1 heterocycles. The van der Waals surface area contributed by atoms with Crippen molar-refractivity contribution in [2.24, 2.45) is 5.92 Å². The molecule has 1 fully saturated rings. The van der Waals surface area contributed by atoms with E-state index in [9.17, 15) is 0 Å². The normalized spacial score (nSPS) is 22.3. The summed E-state index contributed by atoms with van der Waals surface area (Å²) in [5.41, 5.74) is 1.53. The molecule has 3 heteroatoms. The predicted octanol–water partition coefficient (Wildman–Crippen LogP) is 4.33. The molecule has 2 rings (SSSR count). The molecule has 1 atom stereocenters. The van der Waals surface area contributed by atoms with Crippen LogP contribution in [0.4, 0.5) is 5.69 Å². The van der Waals surface area contributed by atoms with Crippen LogP contribution in [0.2, 0.25) is 5.02 Å². The van der Waals surface area contributed by atoms with Crippen molar-refractivity contribution in [1.82, 2.24) is 5.32 Å². The topological polar surface area (TPSA) is 15.3 Å². The molecule has 0 bridgehead atoms. The summed E-state index contributed by atoms with van der Waals surface area (Å²) in [5.74, 6) is 0.630. The fourth-order valence-electron chi connectivity index (χ4n) is 3.17. The Labute approximate surface area is 128 Å². The van der Waals surface area contributed by atoms with Gasteiger partial charge in [0, 0.05) is 35.4 Å². The van der Waals surface area contributed by atoms with Gasteiger partial charge in [0.1, 0.15) is 0 Å². The minimum atomic E-state index is 0.241. The van der Waals surface area contributed by atoms with Gasteiger partial charge in [-0.15, -0.1) is 0 Å². The molecule has 1 aromatic rings. The highest BCUT2D eigenvalue weighted by molar-refractivity contribution is 6.30. The lowest BCUT2D eigenvalue weighted by atomic mass is 9.86. The third-order valence-corrected chi connectivity index (χ3v) is 5.09. The summed E-state index contributed by atoms with van der Waals surface area (Å²) in [6.07, 6.45) is 2.33. The van der Waals surface area contributed by atoms with E-state index in [0.717, 1.165) is 18.1 Å². The smallest absolute Gasteiger partial charge is 0.0438 e. The van der Waals surface area contributed by atoms with Gasteiger partial charge in [0.15, 0.2) is 0 Å². The minimum absolute atomic E-state index is 0.241. The van der Waals surface area contributed by atoms with Gasteiger partial charge >= 0.3 is 0 Å².